The number of aryl methyl sites for hydroxylation is 1. The second kappa shape index (κ2) is 7.88. The lowest BCUT2D eigenvalue weighted by Crippen LogP contribution is -2.49. The number of aliphatic hydroxyl groups is 1. The quantitative estimate of drug-likeness (QED) is 0.834. The minimum atomic E-state index is 0.147. The molecule has 2 heterocycles. The monoisotopic (exact) mass is 322 g/mol. The summed E-state index contributed by atoms with van der Waals surface area (Å²) in [4.78, 5) is 16.3. The first-order valence-corrected chi connectivity index (χ1v) is 8.69. The number of carbonyl (C=O) groups excluding carboxylic acids is 1. The van der Waals surface area contributed by atoms with Crippen molar-refractivity contribution in [2.75, 3.05) is 39.3 Å². The van der Waals surface area contributed by atoms with Crippen LogP contribution in [0, 0.1) is 0 Å². The number of hydrogen-bond acceptors (Lipinski definition) is 6. The Hall–Kier alpha value is -1.47. The van der Waals surface area contributed by atoms with Crippen LogP contribution in [0.3, 0.4) is 0 Å². The van der Waals surface area contributed by atoms with E-state index in [4.69, 9.17) is 9.52 Å². The molecular formula is C16H26N4O3. The lowest BCUT2D eigenvalue weighted by Gasteiger charge is -2.34. The van der Waals surface area contributed by atoms with Crippen molar-refractivity contribution in [3.05, 3.63) is 11.8 Å². The zero-order chi connectivity index (χ0) is 16.1. The summed E-state index contributed by atoms with van der Waals surface area (Å²) in [5, 5.41) is 17.2. The first kappa shape index (κ1) is 16.4. The van der Waals surface area contributed by atoms with Crippen molar-refractivity contribution in [1.29, 1.82) is 0 Å². The van der Waals surface area contributed by atoms with Gasteiger partial charge in [0.15, 0.2) is 0 Å². The molecule has 0 bridgehead atoms. The maximum absolute atomic E-state index is 12.3. The Bertz CT molecular complexity index is 505. The topological polar surface area (TPSA) is 82.7 Å². The number of rotatable bonds is 6. The van der Waals surface area contributed by atoms with Crippen LogP contribution in [-0.2, 0) is 11.2 Å². The molecule has 0 atom stereocenters. The Morgan fingerprint density at radius 2 is 1.91 bits per heavy atom. The van der Waals surface area contributed by atoms with Gasteiger partial charge in [-0.3, -0.25) is 9.69 Å². The molecule has 1 aromatic heterocycles. The van der Waals surface area contributed by atoms with Crippen LogP contribution in [0.1, 0.15) is 49.8 Å². The van der Waals surface area contributed by atoms with E-state index in [-0.39, 0.29) is 12.5 Å². The molecule has 7 nitrogen and oxygen atoms in total. The van der Waals surface area contributed by atoms with E-state index in [1.165, 1.54) is 12.8 Å². The number of amides is 1. The van der Waals surface area contributed by atoms with Crippen LogP contribution >= 0.6 is 0 Å². The molecule has 1 saturated heterocycles. The number of hydrogen-bond donors (Lipinski definition) is 1. The molecule has 0 unspecified atom stereocenters. The average molecular weight is 322 g/mol. The predicted molar refractivity (Wildman–Crippen MR) is 83.9 cm³/mol. The molecule has 1 amide bonds. The fraction of sp³-hybridized carbons (Fsp3) is 0.812. The number of nitrogens with zero attached hydrogens (tertiary/aromatic N) is 4. The number of β-amino-alcohol motifs (C(OH)–C–C–N with tert-alkyl or cyclic N) is 1. The van der Waals surface area contributed by atoms with Crippen LogP contribution in [-0.4, -0.2) is 70.3 Å². The third-order valence-electron chi connectivity index (χ3n) is 4.88. The fourth-order valence-corrected chi connectivity index (χ4v) is 3.44. The molecule has 2 aliphatic rings. The first-order valence-electron chi connectivity index (χ1n) is 8.69. The van der Waals surface area contributed by atoms with Crippen LogP contribution in [0.15, 0.2) is 4.42 Å². The van der Waals surface area contributed by atoms with Gasteiger partial charge in [-0.2, -0.15) is 0 Å². The summed E-state index contributed by atoms with van der Waals surface area (Å²) in [6.45, 7) is 3.99. The summed E-state index contributed by atoms with van der Waals surface area (Å²) < 4.78 is 5.73. The van der Waals surface area contributed by atoms with E-state index in [1.54, 1.807) is 0 Å². The smallest absolute Gasteiger partial charge is 0.223 e. The van der Waals surface area contributed by atoms with E-state index in [0.29, 0.717) is 31.2 Å². The molecule has 1 aliphatic carbocycles. The van der Waals surface area contributed by atoms with Crippen molar-refractivity contribution in [3.63, 3.8) is 0 Å². The summed E-state index contributed by atoms with van der Waals surface area (Å²) in [6, 6.07) is 0. The van der Waals surface area contributed by atoms with Crippen molar-refractivity contribution in [1.82, 2.24) is 20.0 Å². The van der Waals surface area contributed by atoms with E-state index in [1.807, 2.05) is 4.90 Å². The Morgan fingerprint density at radius 3 is 2.61 bits per heavy atom. The van der Waals surface area contributed by atoms with Gasteiger partial charge in [-0.25, -0.2) is 0 Å². The van der Waals surface area contributed by atoms with Gasteiger partial charge in [-0.1, -0.05) is 12.8 Å². The first-order chi connectivity index (χ1) is 11.3. The molecule has 23 heavy (non-hydrogen) atoms. The predicted octanol–water partition coefficient (Wildman–Crippen LogP) is 0.796. The summed E-state index contributed by atoms with van der Waals surface area (Å²) in [7, 11) is 0. The van der Waals surface area contributed by atoms with Crippen LogP contribution < -0.4 is 0 Å². The summed E-state index contributed by atoms with van der Waals surface area (Å²) >= 11 is 0. The third kappa shape index (κ3) is 4.29. The molecule has 0 radical (unpaired) electrons. The molecule has 128 valence electrons. The number of aliphatic hydroxyl groups excluding tert-OH is 1. The molecular weight excluding hydrogens is 296 g/mol. The van der Waals surface area contributed by atoms with Gasteiger partial charge < -0.3 is 14.4 Å². The normalized spacial score (nSPS) is 20.3. The zero-order valence-corrected chi connectivity index (χ0v) is 13.6. The SMILES string of the molecule is O=C(CCc1nnc(C2CCCC2)o1)N1CCN(CCO)CC1. The van der Waals surface area contributed by atoms with Crippen LogP contribution in [0.2, 0.25) is 0 Å². The highest BCUT2D eigenvalue weighted by Gasteiger charge is 2.24. The average Bonchev–Trinajstić information content (AvgIpc) is 3.25. The second-order valence-electron chi connectivity index (χ2n) is 6.46. The molecule has 0 spiro atoms. The minimum absolute atomic E-state index is 0.147. The molecule has 7 heteroatoms. The molecule has 1 aromatic rings. The van der Waals surface area contributed by atoms with Crippen molar-refractivity contribution in [2.45, 2.75) is 44.4 Å². The minimum Gasteiger partial charge on any atom is -0.425 e. The highest BCUT2D eigenvalue weighted by molar-refractivity contribution is 5.76. The summed E-state index contributed by atoms with van der Waals surface area (Å²) in [5.41, 5.74) is 0. The van der Waals surface area contributed by atoms with Gasteiger partial charge in [0, 0.05) is 51.5 Å². The number of carbonyl (C=O) groups is 1. The van der Waals surface area contributed by atoms with Crippen molar-refractivity contribution in [2.24, 2.45) is 0 Å². The van der Waals surface area contributed by atoms with Gasteiger partial charge in [0.1, 0.15) is 0 Å². The van der Waals surface area contributed by atoms with Crippen LogP contribution in [0.5, 0.6) is 0 Å². The molecule has 3 rings (SSSR count). The van der Waals surface area contributed by atoms with Gasteiger partial charge >= 0.3 is 0 Å². The van der Waals surface area contributed by atoms with E-state index in [9.17, 15) is 4.79 Å². The number of piperazine rings is 1. The molecule has 2 fully saturated rings. The zero-order valence-electron chi connectivity index (χ0n) is 13.6. The second-order valence-corrected chi connectivity index (χ2v) is 6.46. The Morgan fingerprint density at radius 1 is 1.17 bits per heavy atom. The van der Waals surface area contributed by atoms with Crippen molar-refractivity contribution >= 4 is 5.91 Å². The van der Waals surface area contributed by atoms with Crippen molar-refractivity contribution in [3.8, 4) is 0 Å². The largest absolute Gasteiger partial charge is 0.425 e. The van der Waals surface area contributed by atoms with Crippen molar-refractivity contribution < 1.29 is 14.3 Å². The Labute approximate surface area is 136 Å². The van der Waals surface area contributed by atoms with E-state index in [0.717, 1.165) is 44.9 Å². The Balaban J connectivity index is 1.42. The van der Waals surface area contributed by atoms with Gasteiger partial charge in [-0.05, 0) is 12.8 Å². The standard InChI is InChI=1S/C16H26N4O3/c21-12-11-19-7-9-20(10-8-19)15(22)6-5-14-17-18-16(23-14)13-3-1-2-4-13/h13,21H,1-12H2. The molecule has 1 saturated carbocycles. The van der Waals surface area contributed by atoms with E-state index >= 15 is 0 Å². The molecule has 0 aromatic carbocycles. The number of aromatic nitrogens is 2. The summed E-state index contributed by atoms with van der Waals surface area (Å²) in [5.74, 6) is 1.91. The lowest BCUT2D eigenvalue weighted by atomic mass is 10.1. The Kier molecular flexibility index (Phi) is 5.61. The van der Waals surface area contributed by atoms with Gasteiger partial charge in [0.25, 0.3) is 0 Å². The highest BCUT2D eigenvalue weighted by atomic mass is 16.4. The van der Waals surface area contributed by atoms with E-state index < -0.39 is 0 Å². The lowest BCUT2D eigenvalue weighted by molar-refractivity contribution is -0.133. The van der Waals surface area contributed by atoms with Gasteiger partial charge in [0.2, 0.25) is 17.7 Å². The summed E-state index contributed by atoms with van der Waals surface area (Å²) in [6.07, 6.45) is 5.70. The van der Waals surface area contributed by atoms with Gasteiger partial charge in [-0.15, -0.1) is 10.2 Å². The van der Waals surface area contributed by atoms with Crippen LogP contribution in [0.25, 0.3) is 0 Å². The molecule has 1 aliphatic heterocycles. The third-order valence-corrected chi connectivity index (χ3v) is 4.88. The van der Waals surface area contributed by atoms with Gasteiger partial charge in [0.05, 0.1) is 6.61 Å². The maximum atomic E-state index is 12.3. The van der Waals surface area contributed by atoms with E-state index in [2.05, 4.69) is 15.1 Å². The molecule has 1 N–H and O–H groups in total. The maximum Gasteiger partial charge on any atom is 0.223 e. The van der Waals surface area contributed by atoms with Crippen LogP contribution in [0.4, 0.5) is 0 Å². The highest BCUT2D eigenvalue weighted by Crippen LogP contribution is 2.33. The fourth-order valence-electron chi connectivity index (χ4n) is 3.44.